The van der Waals surface area contributed by atoms with Gasteiger partial charge in [0.25, 0.3) is 0 Å². The van der Waals surface area contributed by atoms with E-state index in [0.717, 1.165) is 30.9 Å². The molecule has 1 N–H and O–H groups in total. The zero-order valence-electron chi connectivity index (χ0n) is 20.3. The largest absolute Gasteiger partial charge is 0.493 e. The molecule has 1 aliphatic rings. The molecule has 0 fully saturated rings. The van der Waals surface area contributed by atoms with Crippen LogP contribution in [0.25, 0.3) is 6.08 Å². The number of ether oxygens (including phenoxy) is 2. The van der Waals surface area contributed by atoms with Gasteiger partial charge in [0, 0.05) is 24.0 Å². The summed E-state index contributed by atoms with van der Waals surface area (Å²) in [6, 6.07) is 12.8. The van der Waals surface area contributed by atoms with Crippen LogP contribution in [-0.2, 0) is 11.2 Å². The lowest BCUT2D eigenvalue weighted by Gasteiger charge is -2.39. The summed E-state index contributed by atoms with van der Waals surface area (Å²) in [7, 11) is 0. The van der Waals surface area contributed by atoms with E-state index in [0.29, 0.717) is 37.2 Å². The summed E-state index contributed by atoms with van der Waals surface area (Å²) in [5, 5.41) is 9.76. The summed E-state index contributed by atoms with van der Waals surface area (Å²) in [5.41, 5.74) is -1.73. The average Bonchev–Trinajstić information content (AvgIpc) is 2.81. The Hall–Kier alpha value is -2.96. The Balaban J connectivity index is 2.08. The van der Waals surface area contributed by atoms with Crippen LogP contribution in [0.1, 0.15) is 75.5 Å². The molecule has 1 aliphatic heterocycles. The first kappa shape index (κ1) is 26.6. The molecule has 1 unspecified atom stereocenters. The number of carboxylic acids is 1. The van der Waals surface area contributed by atoms with Crippen LogP contribution < -0.4 is 9.47 Å². The van der Waals surface area contributed by atoms with Crippen molar-refractivity contribution in [2.75, 3.05) is 6.61 Å². The summed E-state index contributed by atoms with van der Waals surface area (Å²) in [6.07, 6.45) is 0.531. The van der Waals surface area contributed by atoms with Crippen LogP contribution in [0, 0.1) is 0 Å². The van der Waals surface area contributed by atoms with Crippen molar-refractivity contribution in [2.24, 2.45) is 0 Å². The van der Waals surface area contributed by atoms with E-state index in [1.165, 1.54) is 0 Å². The molecule has 0 aliphatic carbocycles. The monoisotopic (exact) mass is 490 g/mol. The first-order chi connectivity index (χ1) is 16.7. The number of hydrogen-bond acceptors (Lipinski definition) is 3. The van der Waals surface area contributed by atoms with Crippen LogP contribution in [0.4, 0.5) is 13.2 Å². The number of rotatable bonds is 12. The van der Waals surface area contributed by atoms with Crippen molar-refractivity contribution in [2.45, 2.75) is 77.0 Å². The molecule has 2 aromatic carbocycles. The zero-order chi connectivity index (χ0) is 25.5. The number of aliphatic carboxylic acids is 1. The quantitative estimate of drug-likeness (QED) is 0.312. The van der Waals surface area contributed by atoms with E-state index in [4.69, 9.17) is 9.47 Å². The van der Waals surface area contributed by atoms with Crippen molar-refractivity contribution < 1.29 is 32.5 Å². The van der Waals surface area contributed by atoms with E-state index in [1.54, 1.807) is 12.1 Å². The number of carboxylic acid groups (broad SMARTS) is 1. The minimum atomic E-state index is -4.89. The number of fused-ring (bicyclic) bond motifs is 1. The lowest BCUT2D eigenvalue weighted by atomic mass is 9.83. The molecule has 2 aromatic rings. The van der Waals surface area contributed by atoms with Gasteiger partial charge in [0.05, 0.1) is 12.2 Å². The first-order valence-corrected chi connectivity index (χ1v) is 12.3. The van der Waals surface area contributed by atoms with Crippen LogP contribution in [0.15, 0.2) is 48.0 Å². The second-order valence-electron chi connectivity index (χ2n) is 8.96. The Labute approximate surface area is 204 Å². The molecule has 35 heavy (non-hydrogen) atoms. The van der Waals surface area contributed by atoms with E-state index >= 15 is 0 Å². The summed E-state index contributed by atoms with van der Waals surface area (Å²) >= 11 is 0. The molecule has 0 saturated heterocycles. The van der Waals surface area contributed by atoms with Crippen LogP contribution in [0.3, 0.4) is 0 Å². The van der Waals surface area contributed by atoms with Gasteiger partial charge in [0.2, 0.25) is 5.60 Å². The molecular formula is C28H33F3O4. The first-order valence-electron chi connectivity index (χ1n) is 12.3. The topological polar surface area (TPSA) is 55.8 Å². The highest BCUT2D eigenvalue weighted by Crippen LogP contribution is 2.49. The highest BCUT2D eigenvalue weighted by Gasteiger charge is 2.62. The van der Waals surface area contributed by atoms with Gasteiger partial charge >= 0.3 is 12.1 Å². The van der Waals surface area contributed by atoms with Crippen molar-refractivity contribution in [3.63, 3.8) is 0 Å². The summed E-state index contributed by atoms with van der Waals surface area (Å²) < 4.78 is 55.0. The van der Waals surface area contributed by atoms with E-state index in [2.05, 4.69) is 6.92 Å². The van der Waals surface area contributed by atoms with Crippen molar-refractivity contribution in [3.8, 4) is 11.5 Å². The van der Waals surface area contributed by atoms with Gasteiger partial charge in [-0.3, -0.25) is 0 Å². The maximum atomic E-state index is 14.4. The molecule has 0 saturated carbocycles. The second-order valence-corrected chi connectivity index (χ2v) is 8.96. The number of hydrogen-bond donors (Lipinski definition) is 1. The molecule has 3 rings (SSSR count). The van der Waals surface area contributed by atoms with Crippen LogP contribution in [-0.4, -0.2) is 29.5 Å². The standard InChI is InChI=1S/C28H33F3O4/c1-3-5-10-14-27(28(29,30)31)23(26(32)33)17-22-18-24(34-15-11-6-4-2)21(19-25(22)35-27)16-20-12-8-7-9-13-20/h7-9,12-13,17-19H,3-6,10-11,14-16H2,1-2H3,(H,32,33). The van der Waals surface area contributed by atoms with Gasteiger partial charge in [-0.1, -0.05) is 69.9 Å². The molecule has 0 aromatic heterocycles. The number of halogens is 3. The van der Waals surface area contributed by atoms with Crippen LogP contribution in [0.2, 0.25) is 0 Å². The van der Waals surface area contributed by atoms with Crippen molar-refractivity contribution in [1.29, 1.82) is 0 Å². The molecule has 1 atom stereocenters. The highest BCUT2D eigenvalue weighted by molar-refractivity contribution is 5.96. The Kier molecular flexibility index (Phi) is 8.87. The number of carbonyl (C=O) groups is 1. The lowest BCUT2D eigenvalue weighted by Crippen LogP contribution is -2.54. The van der Waals surface area contributed by atoms with Gasteiger partial charge in [-0.15, -0.1) is 0 Å². The molecule has 7 heteroatoms. The fourth-order valence-electron chi connectivity index (χ4n) is 4.35. The van der Waals surface area contributed by atoms with Gasteiger partial charge in [0.15, 0.2) is 0 Å². The molecule has 0 amide bonds. The van der Waals surface area contributed by atoms with Gasteiger partial charge in [0.1, 0.15) is 11.5 Å². The minimum absolute atomic E-state index is 0.0238. The molecule has 0 bridgehead atoms. The molecule has 1 heterocycles. The third kappa shape index (κ3) is 6.19. The summed E-state index contributed by atoms with van der Waals surface area (Å²) in [4.78, 5) is 12.0. The number of unbranched alkanes of at least 4 members (excludes halogenated alkanes) is 4. The van der Waals surface area contributed by atoms with Crippen molar-refractivity contribution in [3.05, 3.63) is 64.7 Å². The molecule has 4 nitrogen and oxygen atoms in total. The third-order valence-corrected chi connectivity index (χ3v) is 6.28. The summed E-state index contributed by atoms with van der Waals surface area (Å²) in [5.74, 6) is -1.09. The SMILES string of the molecule is CCCCCOc1cc2c(cc1Cc1ccccc1)OC(CCCCC)(C(F)(F)F)C(C(=O)O)=C2. The molecule has 0 radical (unpaired) electrons. The van der Waals surface area contributed by atoms with E-state index in [-0.39, 0.29) is 17.7 Å². The second kappa shape index (κ2) is 11.6. The van der Waals surface area contributed by atoms with Crippen LogP contribution in [0.5, 0.6) is 11.5 Å². The summed E-state index contributed by atoms with van der Waals surface area (Å²) in [6.45, 7) is 4.43. The van der Waals surface area contributed by atoms with Gasteiger partial charge < -0.3 is 14.6 Å². The van der Waals surface area contributed by atoms with E-state index in [1.807, 2.05) is 37.3 Å². The fraction of sp³-hybridized carbons (Fsp3) is 0.464. The highest BCUT2D eigenvalue weighted by atomic mass is 19.4. The minimum Gasteiger partial charge on any atom is -0.493 e. The van der Waals surface area contributed by atoms with E-state index < -0.39 is 29.7 Å². The lowest BCUT2D eigenvalue weighted by molar-refractivity contribution is -0.238. The Morgan fingerprint density at radius 1 is 1.03 bits per heavy atom. The molecular weight excluding hydrogens is 457 g/mol. The van der Waals surface area contributed by atoms with E-state index in [9.17, 15) is 23.1 Å². The zero-order valence-corrected chi connectivity index (χ0v) is 20.3. The van der Waals surface area contributed by atoms with Gasteiger partial charge in [-0.2, -0.15) is 13.2 Å². The predicted octanol–water partition coefficient (Wildman–Crippen LogP) is 7.59. The molecule has 0 spiro atoms. The maximum Gasteiger partial charge on any atom is 0.432 e. The van der Waals surface area contributed by atoms with Crippen molar-refractivity contribution >= 4 is 12.0 Å². The number of alkyl halides is 3. The maximum absolute atomic E-state index is 14.4. The Morgan fingerprint density at radius 2 is 1.71 bits per heavy atom. The third-order valence-electron chi connectivity index (χ3n) is 6.28. The predicted molar refractivity (Wildman–Crippen MR) is 130 cm³/mol. The van der Waals surface area contributed by atoms with Gasteiger partial charge in [-0.25, -0.2) is 4.79 Å². The average molecular weight is 491 g/mol. The normalized spacial score (nSPS) is 17.3. The Bertz CT molecular complexity index is 1030. The number of benzene rings is 2. The Morgan fingerprint density at radius 3 is 2.34 bits per heavy atom. The van der Waals surface area contributed by atoms with Gasteiger partial charge in [-0.05, 0) is 36.6 Å². The molecule has 190 valence electrons. The fourth-order valence-corrected chi connectivity index (χ4v) is 4.35. The van der Waals surface area contributed by atoms with Crippen molar-refractivity contribution in [1.82, 2.24) is 0 Å². The smallest absolute Gasteiger partial charge is 0.432 e. The van der Waals surface area contributed by atoms with Crippen LogP contribution >= 0.6 is 0 Å².